The summed E-state index contributed by atoms with van der Waals surface area (Å²) in [7, 11) is 0. The van der Waals surface area contributed by atoms with Crippen molar-refractivity contribution in [1.29, 1.82) is 0 Å². The summed E-state index contributed by atoms with van der Waals surface area (Å²) >= 11 is 3.53. The number of ether oxygens (including phenoxy) is 2. The third-order valence-corrected chi connectivity index (χ3v) is 5.45. The molecule has 0 saturated carbocycles. The monoisotopic (exact) mass is 491 g/mol. The molecule has 1 aromatic carbocycles. The lowest BCUT2D eigenvalue weighted by atomic mass is 10.1. The minimum atomic E-state index is -0.519. The standard InChI is InChI=1S/C23H30BrN3O4/c1-5-6-13-30-21(28)19-15-20(17-14-16(24)7-8-18(17)25-19)26-9-11-27(12-10-26)22(29)31-23(2,3)4/h7-8,14-15H,5-6,9-13H2,1-4H3. The van der Waals surface area contributed by atoms with Crippen molar-refractivity contribution in [3.05, 3.63) is 34.4 Å². The van der Waals surface area contributed by atoms with Crippen LogP contribution in [-0.2, 0) is 9.47 Å². The number of hydrogen-bond acceptors (Lipinski definition) is 6. The van der Waals surface area contributed by atoms with Crippen molar-refractivity contribution in [3.8, 4) is 0 Å². The second-order valence-corrected chi connectivity index (χ2v) is 9.55. The Balaban J connectivity index is 1.83. The number of esters is 1. The number of rotatable bonds is 5. The van der Waals surface area contributed by atoms with E-state index in [1.54, 1.807) is 11.0 Å². The first-order valence-corrected chi connectivity index (χ1v) is 11.5. The van der Waals surface area contributed by atoms with Gasteiger partial charge in [-0.1, -0.05) is 29.3 Å². The molecule has 0 bridgehead atoms. The average molecular weight is 492 g/mol. The first-order valence-electron chi connectivity index (χ1n) is 10.7. The highest BCUT2D eigenvalue weighted by atomic mass is 79.9. The molecule has 2 aromatic rings. The Labute approximate surface area is 191 Å². The Morgan fingerprint density at radius 2 is 1.84 bits per heavy atom. The third kappa shape index (κ3) is 6.09. The maximum atomic E-state index is 12.6. The average Bonchev–Trinajstić information content (AvgIpc) is 2.72. The second kappa shape index (κ2) is 9.85. The summed E-state index contributed by atoms with van der Waals surface area (Å²) in [6.45, 7) is 10.4. The van der Waals surface area contributed by atoms with Crippen LogP contribution >= 0.6 is 15.9 Å². The summed E-state index contributed by atoms with van der Waals surface area (Å²) in [5, 5.41) is 0.949. The number of pyridine rings is 1. The lowest BCUT2D eigenvalue weighted by molar-refractivity contribution is 0.0240. The molecule has 8 heteroatoms. The van der Waals surface area contributed by atoms with Gasteiger partial charge in [0.25, 0.3) is 0 Å². The van der Waals surface area contributed by atoms with E-state index in [-0.39, 0.29) is 6.09 Å². The van der Waals surface area contributed by atoms with Crippen molar-refractivity contribution in [2.75, 3.05) is 37.7 Å². The van der Waals surface area contributed by atoms with Crippen LogP contribution in [0.4, 0.5) is 10.5 Å². The molecule has 1 aromatic heterocycles. The van der Waals surface area contributed by atoms with Gasteiger partial charge in [-0.05, 0) is 51.5 Å². The van der Waals surface area contributed by atoms with Gasteiger partial charge < -0.3 is 19.3 Å². The van der Waals surface area contributed by atoms with Crippen molar-refractivity contribution < 1.29 is 19.1 Å². The maximum Gasteiger partial charge on any atom is 0.410 e. The molecule has 7 nitrogen and oxygen atoms in total. The summed E-state index contributed by atoms with van der Waals surface area (Å²) in [5.74, 6) is -0.410. The summed E-state index contributed by atoms with van der Waals surface area (Å²) in [6, 6.07) is 7.60. The van der Waals surface area contributed by atoms with E-state index < -0.39 is 11.6 Å². The van der Waals surface area contributed by atoms with Gasteiger partial charge in [-0.25, -0.2) is 14.6 Å². The van der Waals surface area contributed by atoms with Crippen LogP contribution < -0.4 is 4.90 Å². The molecular formula is C23H30BrN3O4. The molecule has 0 radical (unpaired) electrons. The highest BCUT2D eigenvalue weighted by Gasteiger charge is 2.27. The fourth-order valence-electron chi connectivity index (χ4n) is 3.39. The molecular weight excluding hydrogens is 462 g/mol. The fourth-order valence-corrected chi connectivity index (χ4v) is 3.75. The van der Waals surface area contributed by atoms with E-state index in [9.17, 15) is 9.59 Å². The third-order valence-electron chi connectivity index (χ3n) is 4.96. The summed E-state index contributed by atoms with van der Waals surface area (Å²) in [4.78, 5) is 33.4. The van der Waals surface area contributed by atoms with E-state index in [4.69, 9.17) is 9.47 Å². The number of hydrogen-bond donors (Lipinski definition) is 0. The highest BCUT2D eigenvalue weighted by Crippen LogP contribution is 2.30. The minimum absolute atomic E-state index is 0.297. The van der Waals surface area contributed by atoms with E-state index in [1.807, 2.05) is 39.0 Å². The lowest BCUT2D eigenvalue weighted by Crippen LogP contribution is -2.50. The van der Waals surface area contributed by atoms with Gasteiger partial charge in [0.15, 0.2) is 5.69 Å². The van der Waals surface area contributed by atoms with Crippen LogP contribution in [0, 0.1) is 0 Å². The van der Waals surface area contributed by atoms with E-state index >= 15 is 0 Å². The van der Waals surface area contributed by atoms with Crippen molar-refractivity contribution in [2.45, 2.75) is 46.1 Å². The van der Waals surface area contributed by atoms with Crippen LogP contribution in [0.2, 0.25) is 0 Å². The van der Waals surface area contributed by atoms with Gasteiger partial charge in [0.2, 0.25) is 0 Å². The number of fused-ring (bicyclic) bond motifs is 1. The molecule has 31 heavy (non-hydrogen) atoms. The van der Waals surface area contributed by atoms with E-state index in [2.05, 4.69) is 32.7 Å². The predicted molar refractivity (Wildman–Crippen MR) is 125 cm³/mol. The van der Waals surface area contributed by atoms with Gasteiger partial charge in [0.1, 0.15) is 5.60 Å². The Morgan fingerprint density at radius 3 is 2.48 bits per heavy atom. The molecule has 1 aliphatic heterocycles. The number of benzene rings is 1. The molecule has 0 spiro atoms. The first kappa shape index (κ1) is 23.3. The number of carbonyl (C=O) groups excluding carboxylic acids is 2. The molecule has 168 valence electrons. The SMILES string of the molecule is CCCCOC(=O)c1cc(N2CCN(C(=O)OC(C)(C)C)CC2)c2cc(Br)ccc2n1. The number of unbranched alkanes of at least 4 members (excludes halogenated alkanes) is 1. The number of halogens is 1. The number of carbonyl (C=O) groups is 2. The zero-order valence-electron chi connectivity index (χ0n) is 18.6. The second-order valence-electron chi connectivity index (χ2n) is 8.63. The zero-order chi connectivity index (χ0) is 22.6. The Kier molecular flexibility index (Phi) is 7.41. The minimum Gasteiger partial charge on any atom is -0.461 e. The van der Waals surface area contributed by atoms with Crippen LogP contribution in [-0.4, -0.2) is 60.3 Å². The number of aromatic nitrogens is 1. The van der Waals surface area contributed by atoms with Crippen molar-refractivity contribution >= 4 is 44.6 Å². The van der Waals surface area contributed by atoms with Crippen LogP contribution in [0.5, 0.6) is 0 Å². The van der Waals surface area contributed by atoms with Gasteiger partial charge >= 0.3 is 12.1 Å². The van der Waals surface area contributed by atoms with Gasteiger partial charge in [-0.15, -0.1) is 0 Å². The quantitative estimate of drug-likeness (QED) is 0.432. The predicted octanol–water partition coefficient (Wildman–Crippen LogP) is 5.01. The summed E-state index contributed by atoms with van der Waals surface area (Å²) in [5.41, 5.74) is 1.43. The van der Waals surface area contributed by atoms with E-state index in [0.29, 0.717) is 38.5 Å². The number of amides is 1. The topological polar surface area (TPSA) is 72.0 Å². The molecule has 1 saturated heterocycles. The Morgan fingerprint density at radius 1 is 1.13 bits per heavy atom. The number of nitrogens with zero attached hydrogens (tertiary/aromatic N) is 3. The van der Waals surface area contributed by atoms with Crippen molar-refractivity contribution in [3.63, 3.8) is 0 Å². The van der Waals surface area contributed by atoms with Crippen molar-refractivity contribution in [2.24, 2.45) is 0 Å². The molecule has 1 amide bonds. The molecule has 0 atom stereocenters. The smallest absolute Gasteiger partial charge is 0.410 e. The molecule has 3 rings (SSSR count). The molecule has 1 fully saturated rings. The normalized spacial score (nSPS) is 14.6. The molecule has 0 N–H and O–H groups in total. The van der Waals surface area contributed by atoms with Crippen LogP contribution in [0.15, 0.2) is 28.7 Å². The number of piperazine rings is 1. The summed E-state index contributed by atoms with van der Waals surface area (Å²) < 4.78 is 11.8. The van der Waals surface area contributed by atoms with Gasteiger partial charge in [0.05, 0.1) is 12.1 Å². The molecule has 2 heterocycles. The molecule has 0 aliphatic carbocycles. The maximum absolute atomic E-state index is 12.6. The highest BCUT2D eigenvalue weighted by molar-refractivity contribution is 9.10. The van der Waals surface area contributed by atoms with Gasteiger partial charge in [0, 0.05) is 41.7 Å². The van der Waals surface area contributed by atoms with Crippen LogP contribution in [0.1, 0.15) is 51.0 Å². The number of anilines is 1. The molecule has 1 aliphatic rings. The Hall–Kier alpha value is -2.35. The van der Waals surface area contributed by atoms with Crippen LogP contribution in [0.25, 0.3) is 10.9 Å². The lowest BCUT2D eigenvalue weighted by Gasteiger charge is -2.37. The van der Waals surface area contributed by atoms with Gasteiger partial charge in [-0.2, -0.15) is 0 Å². The largest absolute Gasteiger partial charge is 0.461 e. The molecule has 0 unspecified atom stereocenters. The van der Waals surface area contributed by atoms with Crippen molar-refractivity contribution in [1.82, 2.24) is 9.88 Å². The summed E-state index contributed by atoms with van der Waals surface area (Å²) in [6.07, 6.45) is 1.49. The zero-order valence-corrected chi connectivity index (χ0v) is 20.2. The van der Waals surface area contributed by atoms with Gasteiger partial charge in [-0.3, -0.25) is 0 Å². The van der Waals surface area contributed by atoms with Crippen LogP contribution in [0.3, 0.4) is 0 Å². The first-order chi connectivity index (χ1) is 14.7. The fraction of sp³-hybridized carbons (Fsp3) is 0.522. The van der Waals surface area contributed by atoms with E-state index in [0.717, 1.165) is 33.9 Å². The van der Waals surface area contributed by atoms with E-state index in [1.165, 1.54) is 0 Å². The Bertz CT molecular complexity index is 950.